The number of nitrogens with zero attached hydrogens (tertiary/aromatic N) is 5. The molecule has 0 saturated carbocycles. The van der Waals surface area contributed by atoms with Crippen LogP contribution in [0.5, 0.6) is 0 Å². The predicted molar refractivity (Wildman–Crippen MR) is 87.8 cm³/mol. The van der Waals surface area contributed by atoms with Gasteiger partial charge in [-0.1, -0.05) is 0 Å². The van der Waals surface area contributed by atoms with Crippen LogP contribution in [0.3, 0.4) is 0 Å². The molecule has 8 nitrogen and oxygen atoms in total. The zero-order valence-electron chi connectivity index (χ0n) is 14.0. The van der Waals surface area contributed by atoms with E-state index in [-0.39, 0.29) is 11.6 Å². The van der Waals surface area contributed by atoms with Crippen LogP contribution in [-0.4, -0.2) is 42.0 Å². The molecule has 23 heavy (non-hydrogen) atoms. The third kappa shape index (κ3) is 4.05. The molecule has 2 aromatic heterocycles. The van der Waals surface area contributed by atoms with Gasteiger partial charge in [-0.05, 0) is 20.8 Å². The second kappa shape index (κ2) is 6.63. The molecule has 0 aliphatic carbocycles. The molecule has 0 unspecified atom stereocenters. The summed E-state index contributed by atoms with van der Waals surface area (Å²) in [5.41, 5.74) is 0.781. The van der Waals surface area contributed by atoms with Crippen molar-refractivity contribution in [1.29, 1.82) is 0 Å². The first-order valence-electron chi connectivity index (χ1n) is 7.28. The van der Waals surface area contributed by atoms with Gasteiger partial charge in [-0.3, -0.25) is 0 Å². The topological polar surface area (TPSA) is 93.0 Å². The zero-order valence-corrected chi connectivity index (χ0v) is 14.8. The van der Waals surface area contributed by atoms with Crippen molar-refractivity contribution in [2.24, 2.45) is 0 Å². The van der Waals surface area contributed by atoms with E-state index in [1.54, 1.807) is 11.5 Å². The van der Waals surface area contributed by atoms with Gasteiger partial charge in [0.25, 0.3) is 10.0 Å². The Bertz CT molecular complexity index is 798. The van der Waals surface area contributed by atoms with E-state index in [4.69, 9.17) is 0 Å². The minimum absolute atomic E-state index is 0.0114. The summed E-state index contributed by atoms with van der Waals surface area (Å²) in [5, 5.41) is 0.0114. The number of imidazole rings is 1. The smallest absolute Gasteiger partial charge is 0.260 e. The number of rotatable bonds is 6. The average molecular weight is 338 g/mol. The van der Waals surface area contributed by atoms with Crippen molar-refractivity contribution >= 4 is 15.8 Å². The van der Waals surface area contributed by atoms with Crippen molar-refractivity contribution < 1.29 is 8.42 Å². The largest absolute Gasteiger partial charge is 0.363 e. The third-order valence-corrected chi connectivity index (χ3v) is 4.61. The Kier molecular flexibility index (Phi) is 5.00. The quantitative estimate of drug-likeness (QED) is 0.839. The molecule has 0 aromatic carbocycles. The van der Waals surface area contributed by atoms with Crippen LogP contribution in [-0.2, 0) is 23.1 Å². The lowest BCUT2D eigenvalue weighted by Gasteiger charge is -2.13. The number of sulfonamides is 1. The van der Waals surface area contributed by atoms with E-state index in [9.17, 15) is 8.42 Å². The van der Waals surface area contributed by atoms with Gasteiger partial charge in [0.05, 0.1) is 6.54 Å². The molecular formula is C14H22N6O2S. The Morgan fingerprint density at radius 2 is 1.91 bits per heavy atom. The van der Waals surface area contributed by atoms with Crippen LogP contribution in [0.1, 0.15) is 24.3 Å². The standard InChI is InChI=1S/C14H22N6O2S/c1-6-20-9-14(17-11(20)3)23(21,22)15-8-12-16-10(2)7-13(18-12)19(4)5/h7,9,15H,6,8H2,1-5H3. The predicted octanol–water partition coefficient (Wildman–Crippen LogP) is 0.854. The zero-order chi connectivity index (χ0) is 17.2. The van der Waals surface area contributed by atoms with Gasteiger partial charge in [-0.2, -0.15) is 0 Å². The highest BCUT2D eigenvalue weighted by Gasteiger charge is 2.19. The Hall–Kier alpha value is -2.00. The molecule has 0 aliphatic heterocycles. The van der Waals surface area contributed by atoms with Gasteiger partial charge in [0, 0.05) is 38.6 Å². The molecule has 2 aromatic rings. The number of aromatic nitrogens is 4. The summed E-state index contributed by atoms with van der Waals surface area (Å²) in [6.07, 6.45) is 1.53. The van der Waals surface area contributed by atoms with E-state index in [1.165, 1.54) is 6.20 Å². The van der Waals surface area contributed by atoms with Crippen LogP contribution in [0, 0.1) is 13.8 Å². The first kappa shape index (κ1) is 17.4. The molecule has 0 saturated heterocycles. The Balaban J connectivity index is 2.19. The molecule has 0 bridgehead atoms. The molecule has 2 rings (SSSR count). The fourth-order valence-electron chi connectivity index (χ4n) is 2.08. The second-order valence-electron chi connectivity index (χ2n) is 5.42. The van der Waals surface area contributed by atoms with Crippen LogP contribution in [0.25, 0.3) is 0 Å². The third-order valence-electron chi connectivity index (χ3n) is 3.34. The minimum Gasteiger partial charge on any atom is -0.363 e. The van der Waals surface area contributed by atoms with Gasteiger partial charge < -0.3 is 9.47 Å². The summed E-state index contributed by atoms with van der Waals surface area (Å²) < 4.78 is 29.0. The van der Waals surface area contributed by atoms with Gasteiger partial charge in [-0.25, -0.2) is 28.1 Å². The van der Waals surface area contributed by atoms with E-state index in [1.807, 2.05) is 38.9 Å². The van der Waals surface area contributed by atoms with Crippen molar-refractivity contribution in [2.75, 3.05) is 19.0 Å². The van der Waals surface area contributed by atoms with Crippen molar-refractivity contribution in [3.63, 3.8) is 0 Å². The molecule has 9 heteroatoms. The molecule has 0 radical (unpaired) electrons. The maximum atomic E-state index is 12.3. The summed E-state index contributed by atoms with van der Waals surface area (Å²) in [5.74, 6) is 1.82. The minimum atomic E-state index is -3.69. The summed E-state index contributed by atoms with van der Waals surface area (Å²) >= 11 is 0. The van der Waals surface area contributed by atoms with E-state index in [0.29, 0.717) is 18.2 Å². The van der Waals surface area contributed by atoms with E-state index < -0.39 is 10.0 Å². The molecule has 2 heterocycles. The molecular weight excluding hydrogens is 316 g/mol. The Morgan fingerprint density at radius 1 is 1.22 bits per heavy atom. The molecule has 0 spiro atoms. The van der Waals surface area contributed by atoms with Gasteiger partial charge >= 0.3 is 0 Å². The Labute approximate surface area is 136 Å². The number of nitrogens with one attached hydrogen (secondary N) is 1. The highest BCUT2D eigenvalue weighted by atomic mass is 32.2. The Morgan fingerprint density at radius 3 is 2.48 bits per heavy atom. The fourth-order valence-corrected chi connectivity index (χ4v) is 3.07. The molecule has 0 aliphatic rings. The van der Waals surface area contributed by atoms with Crippen molar-refractivity contribution in [3.05, 3.63) is 29.6 Å². The van der Waals surface area contributed by atoms with Crippen LogP contribution < -0.4 is 9.62 Å². The van der Waals surface area contributed by atoms with Crippen LogP contribution in [0.2, 0.25) is 0 Å². The van der Waals surface area contributed by atoms with Gasteiger partial charge in [0.2, 0.25) is 0 Å². The monoisotopic (exact) mass is 338 g/mol. The number of aryl methyl sites for hydroxylation is 3. The first-order valence-corrected chi connectivity index (χ1v) is 8.76. The van der Waals surface area contributed by atoms with E-state index in [2.05, 4.69) is 19.7 Å². The SMILES string of the molecule is CCn1cc(S(=O)(=O)NCc2nc(C)cc(N(C)C)n2)nc1C. The van der Waals surface area contributed by atoms with Crippen molar-refractivity contribution in [2.45, 2.75) is 38.9 Å². The molecule has 0 fully saturated rings. The number of hydrogen-bond donors (Lipinski definition) is 1. The molecule has 1 N–H and O–H groups in total. The number of hydrogen-bond acceptors (Lipinski definition) is 6. The highest BCUT2D eigenvalue weighted by molar-refractivity contribution is 7.89. The molecule has 0 atom stereocenters. The fraction of sp³-hybridized carbons (Fsp3) is 0.500. The van der Waals surface area contributed by atoms with E-state index >= 15 is 0 Å². The lowest BCUT2D eigenvalue weighted by atomic mass is 10.4. The summed E-state index contributed by atoms with van der Waals surface area (Å²) in [6.45, 7) is 6.24. The lowest BCUT2D eigenvalue weighted by molar-refractivity contribution is 0.575. The molecule has 0 amide bonds. The van der Waals surface area contributed by atoms with Crippen molar-refractivity contribution in [3.8, 4) is 0 Å². The normalized spacial score (nSPS) is 11.7. The maximum absolute atomic E-state index is 12.3. The van der Waals surface area contributed by atoms with Crippen LogP contribution in [0.4, 0.5) is 5.82 Å². The van der Waals surface area contributed by atoms with E-state index in [0.717, 1.165) is 11.5 Å². The summed E-state index contributed by atoms with van der Waals surface area (Å²) in [6, 6.07) is 1.84. The first-order chi connectivity index (χ1) is 10.7. The second-order valence-corrected chi connectivity index (χ2v) is 7.13. The van der Waals surface area contributed by atoms with Gasteiger partial charge in [0.1, 0.15) is 17.5 Å². The van der Waals surface area contributed by atoms with Gasteiger partial charge in [-0.15, -0.1) is 0 Å². The molecule has 126 valence electrons. The highest BCUT2D eigenvalue weighted by Crippen LogP contribution is 2.11. The average Bonchev–Trinajstić information content (AvgIpc) is 2.86. The maximum Gasteiger partial charge on any atom is 0.260 e. The number of anilines is 1. The summed E-state index contributed by atoms with van der Waals surface area (Å²) in [4.78, 5) is 14.5. The van der Waals surface area contributed by atoms with Gasteiger partial charge in [0.15, 0.2) is 5.03 Å². The summed E-state index contributed by atoms with van der Waals surface area (Å²) in [7, 11) is 0.0501. The van der Waals surface area contributed by atoms with Crippen LogP contribution in [0.15, 0.2) is 17.3 Å². The lowest BCUT2D eigenvalue weighted by Crippen LogP contribution is -2.25. The van der Waals surface area contributed by atoms with Crippen LogP contribution >= 0.6 is 0 Å². The van der Waals surface area contributed by atoms with Crippen molar-refractivity contribution in [1.82, 2.24) is 24.2 Å².